The lowest BCUT2D eigenvalue weighted by molar-refractivity contribution is 0.413. The smallest absolute Gasteiger partial charge is 0.122 e. The van der Waals surface area contributed by atoms with E-state index in [2.05, 4.69) is 33.4 Å². The normalized spacial score (nSPS) is 10.2. The van der Waals surface area contributed by atoms with Gasteiger partial charge in [0.2, 0.25) is 0 Å². The van der Waals surface area contributed by atoms with Crippen LogP contribution in [-0.4, -0.2) is 26.2 Å². The minimum atomic E-state index is 0.676. The quantitative estimate of drug-likeness (QED) is 0.907. The summed E-state index contributed by atoms with van der Waals surface area (Å²) in [6.07, 6.45) is 0. The third-order valence-electron chi connectivity index (χ3n) is 3.05. The van der Waals surface area contributed by atoms with E-state index in [1.54, 1.807) is 7.11 Å². The molecular weight excluding hydrogens is 250 g/mol. The van der Waals surface area contributed by atoms with Crippen molar-refractivity contribution < 1.29 is 4.74 Å². The second-order valence-electron chi connectivity index (χ2n) is 4.94. The highest BCUT2D eigenvalue weighted by Gasteiger charge is 2.02. The Labute approximate surface area is 120 Å². The van der Waals surface area contributed by atoms with Gasteiger partial charge in [0.1, 0.15) is 5.75 Å². The van der Waals surface area contributed by atoms with Gasteiger partial charge in [0.25, 0.3) is 0 Å². The van der Waals surface area contributed by atoms with Gasteiger partial charge in [-0.2, -0.15) is 0 Å². The number of nitrogens with zero attached hydrogens (tertiary/aromatic N) is 2. The van der Waals surface area contributed by atoms with Crippen molar-refractivity contribution in [2.75, 3.05) is 31.4 Å². The van der Waals surface area contributed by atoms with Gasteiger partial charge in [-0.15, -0.1) is 0 Å². The zero-order chi connectivity index (χ0) is 14.5. The zero-order valence-electron chi connectivity index (χ0n) is 12.5. The van der Waals surface area contributed by atoms with E-state index in [9.17, 15) is 0 Å². The Morgan fingerprint density at radius 2 is 2.00 bits per heavy atom. The number of benzene rings is 1. The summed E-state index contributed by atoms with van der Waals surface area (Å²) in [7, 11) is 5.74. The number of rotatable bonds is 5. The summed E-state index contributed by atoms with van der Waals surface area (Å²) in [6.45, 7) is 2.65. The molecule has 0 spiro atoms. The lowest BCUT2D eigenvalue weighted by Crippen LogP contribution is -2.09. The van der Waals surface area contributed by atoms with E-state index in [1.807, 2.05) is 39.2 Å². The van der Waals surface area contributed by atoms with Crippen molar-refractivity contribution in [3.8, 4) is 5.75 Å². The van der Waals surface area contributed by atoms with Crippen LogP contribution in [0.25, 0.3) is 0 Å². The van der Waals surface area contributed by atoms with E-state index in [0.29, 0.717) is 6.54 Å². The molecule has 0 saturated carbocycles. The number of pyridine rings is 1. The molecule has 4 nitrogen and oxygen atoms in total. The molecule has 0 amide bonds. The number of hydrogen-bond donors (Lipinski definition) is 1. The van der Waals surface area contributed by atoms with Crippen LogP contribution in [0.5, 0.6) is 5.75 Å². The second kappa shape index (κ2) is 6.28. The van der Waals surface area contributed by atoms with Crippen LogP contribution in [-0.2, 0) is 6.54 Å². The molecule has 0 radical (unpaired) electrons. The molecule has 0 unspecified atom stereocenters. The number of ether oxygens (including phenoxy) is 1. The molecule has 1 N–H and O–H groups in total. The first-order chi connectivity index (χ1) is 9.58. The molecule has 2 rings (SSSR count). The Balaban J connectivity index is 2.08. The summed E-state index contributed by atoms with van der Waals surface area (Å²) >= 11 is 0. The fourth-order valence-electron chi connectivity index (χ4n) is 2.00. The molecule has 1 aromatic heterocycles. The van der Waals surface area contributed by atoms with Crippen molar-refractivity contribution in [1.29, 1.82) is 0 Å². The average molecular weight is 271 g/mol. The fourth-order valence-corrected chi connectivity index (χ4v) is 2.00. The maximum atomic E-state index is 5.26. The molecule has 0 bridgehead atoms. The zero-order valence-corrected chi connectivity index (χ0v) is 12.5. The number of nitrogens with one attached hydrogen (secondary N) is 1. The Hall–Kier alpha value is -2.23. The molecule has 0 atom stereocenters. The van der Waals surface area contributed by atoms with Gasteiger partial charge >= 0.3 is 0 Å². The monoisotopic (exact) mass is 271 g/mol. The summed E-state index contributed by atoms with van der Waals surface area (Å²) in [4.78, 5) is 6.58. The van der Waals surface area contributed by atoms with Crippen LogP contribution in [0.4, 0.5) is 11.4 Å². The van der Waals surface area contributed by atoms with Crippen LogP contribution < -0.4 is 15.0 Å². The third kappa shape index (κ3) is 3.63. The summed E-state index contributed by atoms with van der Waals surface area (Å²) in [5.41, 5.74) is 4.18. The van der Waals surface area contributed by atoms with E-state index >= 15 is 0 Å². The molecule has 20 heavy (non-hydrogen) atoms. The van der Waals surface area contributed by atoms with Crippen molar-refractivity contribution in [2.45, 2.75) is 13.5 Å². The Morgan fingerprint density at radius 1 is 1.20 bits per heavy atom. The molecule has 1 heterocycles. The molecule has 0 aliphatic heterocycles. The van der Waals surface area contributed by atoms with Gasteiger partial charge in [-0.25, -0.2) is 0 Å². The summed E-state index contributed by atoms with van der Waals surface area (Å²) in [5, 5.41) is 3.39. The molecule has 2 aromatic rings. The summed E-state index contributed by atoms with van der Waals surface area (Å²) < 4.78 is 5.26. The van der Waals surface area contributed by atoms with Gasteiger partial charge in [0.05, 0.1) is 19.3 Å². The Kier molecular flexibility index (Phi) is 4.45. The number of aromatic nitrogens is 1. The van der Waals surface area contributed by atoms with E-state index in [1.165, 1.54) is 5.69 Å². The summed E-state index contributed by atoms with van der Waals surface area (Å²) in [6, 6.07) is 12.2. The Morgan fingerprint density at radius 3 is 2.70 bits per heavy atom. The highest BCUT2D eigenvalue weighted by atomic mass is 16.5. The van der Waals surface area contributed by atoms with Crippen molar-refractivity contribution >= 4 is 11.4 Å². The first-order valence-corrected chi connectivity index (χ1v) is 6.61. The second-order valence-corrected chi connectivity index (χ2v) is 4.94. The largest absolute Gasteiger partial charge is 0.497 e. The standard InChI is InChI=1S/C16H21N3O/c1-12-8-16(20-4)10-14(18-12)11-17-13-6-5-7-15(9-13)19(2)3/h5-10,17H,11H2,1-4H3. The van der Waals surface area contributed by atoms with Crippen LogP contribution >= 0.6 is 0 Å². The molecule has 0 aliphatic rings. The number of aryl methyl sites for hydroxylation is 1. The minimum Gasteiger partial charge on any atom is -0.497 e. The number of methoxy groups -OCH3 is 1. The van der Waals surface area contributed by atoms with Gasteiger partial charge in [0.15, 0.2) is 0 Å². The maximum Gasteiger partial charge on any atom is 0.122 e. The topological polar surface area (TPSA) is 37.4 Å². The Bertz CT molecular complexity index is 582. The van der Waals surface area contributed by atoms with Crippen molar-refractivity contribution in [1.82, 2.24) is 4.98 Å². The predicted molar refractivity (Wildman–Crippen MR) is 83.6 cm³/mol. The molecule has 0 saturated heterocycles. The number of hydrogen-bond acceptors (Lipinski definition) is 4. The molecule has 0 aliphatic carbocycles. The van der Waals surface area contributed by atoms with Gasteiger partial charge in [0, 0.05) is 43.3 Å². The number of anilines is 2. The van der Waals surface area contributed by atoms with Gasteiger partial charge in [-0.05, 0) is 25.1 Å². The lowest BCUT2D eigenvalue weighted by Gasteiger charge is -2.14. The highest BCUT2D eigenvalue weighted by Crippen LogP contribution is 2.19. The van der Waals surface area contributed by atoms with Crippen LogP contribution in [0.15, 0.2) is 36.4 Å². The van der Waals surface area contributed by atoms with E-state index in [-0.39, 0.29) is 0 Å². The SMILES string of the molecule is COc1cc(C)nc(CNc2cccc(N(C)C)c2)c1. The van der Waals surface area contributed by atoms with Crippen LogP contribution in [0.1, 0.15) is 11.4 Å². The van der Waals surface area contributed by atoms with E-state index in [4.69, 9.17) is 4.74 Å². The van der Waals surface area contributed by atoms with Crippen molar-refractivity contribution in [3.05, 3.63) is 47.8 Å². The van der Waals surface area contributed by atoms with Crippen LogP contribution in [0.3, 0.4) is 0 Å². The van der Waals surface area contributed by atoms with Gasteiger partial charge < -0.3 is 15.0 Å². The average Bonchev–Trinajstić information content (AvgIpc) is 2.44. The predicted octanol–water partition coefficient (Wildman–Crippen LogP) is 3.08. The van der Waals surface area contributed by atoms with E-state index in [0.717, 1.165) is 22.8 Å². The van der Waals surface area contributed by atoms with Crippen LogP contribution in [0, 0.1) is 6.92 Å². The van der Waals surface area contributed by atoms with Crippen molar-refractivity contribution in [3.63, 3.8) is 0 Å². The van der Waals surface area contributed by atoms with Gasteiger partial charge in [-0.3, -0.25) is 4.98 Å². The fraction of sp³-hybridized carbons (Fsp3) is 0.312. The van der Waals surface area contributed by atoms with Crippen molar-refractivity contribution in [2.24, 2.45) is 0 Å². The van der Waals surface area contributed by atoms with Gasteiger partial charge in [-0.1, -0.05) is 6.07 Å². The van der Waals surface area contributed by atoms with E-state index < -0.39 is 0 Å². The first-order valence-electron chi connectivity index (χ1n) is 6.61. The molecular formula is C16H21N3O. The molecule has 4 heteroatoms. The maximum absolute atomic E-state index is 5.26. The first kappa shape index (κ1) is 14.2. The molecule has 0 fully saturated rings. The molecule has 106 valence electrons. The lowest BCUT2D eigenvalue weighted by atomic mass is 10.2. The minimum absolute atomic E-state index is 0.676. The third-order valence-corrected chi connectivity index (χ3v) is 3.05. The van der Waals surface area contributed by atoms with Crippen LogP contribution in [0.2, 0.25) is 0 Å². The summed E-state index contributed by atoms with van der Waals surface area (Å²) in [5.74, 6) is 0.844. The highest BCUT2D eigenvalue weighted by molar-refractivity contribution is 5.57. The molecule has 1 aromatic carbocycles.